The number of imidazole rings is 1. The van der Waals surface area contributed by atoms with Gasteiger partial charge in [-0.15, -0.1) is 0 Å². The molecule has 6 rings (SSSR count). The van der Waals surface area contributed by atoms with E-state index < -0.39 is 0 Å². The number of phenolic OH excluding ortho intramolecular Hbond substituents is 1. The zero-order chi connectivity index (χ0) is 23.2. The van der Waals surface area contributed by atoms with Gasteiger partial charge < -0.3 is 19.6 Å². The van der Waals surface area contributed by atoms with Crippen LogP contribution in [0.4, 0.5) is 10.3 Å². The van der Waals surface area contributed by atoms with Gasteiger partial charge in [-0.1, -0.05) is 0 Å². The topological polar surface area (TPSA) is 80.8 Å². The lowest BCUT2D eigenvalue weighted by Gasteiger charge is -2.19. The van der Waals surface area contributed by atoms with Gasteiger partial charge in [-0.05, 0) is 61.0 Å². The van der Waals surface area contributed by atoms with Gasteiger partial charge >= 0.3 is 0 Å². The lowest BCUT2D eigenvalue weighted by Crippen LogP contribution is -2.13. The van der Waals surface area contributed by atoms with Crippen molar-refractivity contribution in [3.63, 3.8) is 0 Å². The third-order valence-corrected chi connectivity index (χ3v) is 6.45. The second kappa shape index (κ2) is 7.98. The minimum absolute atomic E-state index is 0.170. The first-order chi connectivity index (χ1) is 16.6. The van der Waals surface area contributed by atoms with E-state index in [1.807, 2.05) is 18.2 Å². The SMILES string of the molecule is CNc1nccc(-c2c(-c3ccc(F)cc3)nc3n2C(Cn2ccc4cc(O)ccc42)CC3)n1. The summed E-state index contributed by atoms with van der Waals surface area (Å²) < 4.78 is 18.1. The summed E-state index contributed by atoms with van der Waals surface area (Å²) in [5, 5.41) is 13.8. The van der Waals surface area contributed by atoms with Gasteiger partial charge in [0.1, 0.15) is 17.4 Å². The van der Waals surface area contributed by atoms with Gasteiger partial charge in [0.25, 0.3) is 0 Å². The minimum Gasteiger partial charge on any atom is -0.508 e. The largest absolute Gasteiger partial charge is 0.508 e. The van der Waals surface area contributed by atoms with E-state index in [1.165, 1.54) is 12.1 Å². The van der Waals surface area contributed by atoms with Gasteiger partial charge in [0.2, 0.25) is 5.95 Å². The molecule has 34 heavy (non-hydrogen) atoms. The van der Waals surface area contributed by atoms with Crippen molar-refractivity contribution in [2.24, 2.45) is 0 Å². The van der Waals surface area contributed by atoms with Gasteiger partial charge in [0.15, 0.2) is 0 Å². The number of aromatic hydroxyl groups is 1. The van der Waals surface area contributed by atoms with Crippen LogP contribution >= 0.6 is 0 Å². The van der Waals surface area contributed by atoms with Crippen LogP contribution in [0.3, 0.4) is 0 Å². The molecular weight excluding hydrogens is 431 g/mol. The number of nitrogens with zero attached hydrogens (tertiary/aromatic N) is 5. The van der Waals surface area contributed by atoms with Gasteiger partial charge in [-0.25, -0.2) is 19.3 Å². The molecule has 0 saturated carbocycles. The molecule has 5 aromatic rings. The van der Waals surface area contributed by atoms with Crippen molar-refractivity contribution >= 4 is 16.9 Å². The average molecular weight is 455 g/mol. The van der Waals surface area contributed by atoms with E-state index in [0.29, 0.717) is 5.95 Å². The number of rotatable bonds is 5. The predicted octanol–water partition coefficient (Wildman–Crippen LogP) is 5.04. The molecular formula is C26H23FN6O. The lowest BCUT2D eigenvalue weighted by atomic mass is 10.1. The molecule has 0 radical (unpaired) electrons. The molecule has 170 valence electrons. The molecule has 4 heterocycles. The maximum Gasteiger partial charge on any atom is 0.222 e. The highest BCUT2D eigenvalue weighted by molar-refractivity contribution is 5.82. The fourth-order valence-electron chi connectivity index (χ4n) is 4.89. The highest BCUT2D eigenvalue weighted by Crippen LogP contribution is 2.40. The summed E-state index contributed by atoms with van der Waals surface area (Å²) in [5.74, 6) is 1.51. The van der Waals surface area contributed by atoms with E-state index in [9.17, 15) is 9.50 Å². The Hall–Kier alpha value is -4.20. The minimum atomic E-state index is -0.278. The highest BCUT2D eigenvalue weighted by atomic mass is 19.1. The van der Waals surface area contributed by atoms with Gasteiger partial charge in [0.05, 0.1) is 23.1 Å². The van der Waals surface area contributed by atoms with Crippen LogP contribution in [0.5, 0.6) is 5.75 Å². The summed E-state index contributed by atoms with van der Waals surface area (Å²) in [6.07, 6.45) is 5.60. The number of phenols is 1. The van der Waals surface area contributed by atoms with E-state index in [4.69, 9.17) is 9.97 Å². The summed E-state index contributed by atoms with van der Waals surface area (Å²) in [5.41, 5.74) is 4.40. The quantitative estimate of drug-likeness (QED) is 0.389. The monoisotopic (exact) mass is 454 g/mol. The molecule has 7 nitrogen and oxygen atoms in total. The molecule has 0 bridgehead atoms. The van der Waals surface area contributed by atoms with E-state index >= 15 is 0 Å². The van der Waals surface area contributed by atoms with Crippen LogP contribution in [0, 0.1) is 5.82 Å². The van der Waals surface area contributed by atoms with Gasteiger partial charge in [0, 0.05) is 48.9 Å². The van der Waals surface area contributed by atoms with Crippen LogP contribution < -0.4 is 5.32 Å². The zero-order valence-electron chi connectivity index (χ0n) is 18.6. The summed E-state index contributed by atoms with van der Waals surface area (Å²) in [7, 11) is 1.79. The molecule has 0 amide bonds. The average Bonchev–Trinajstić information content (AvgIpc) is 3.54. The number of halogens is 1. The Kier molecular flexibility index (Phi) is 4.79. The van der Waals surface area contributed by atoms with Crippen molar-refractivity contribution in [3.05, 3.63) is 78.6 Å². The lowest BCUT2D eigenvalue weighted by molar-refractivity contribution is 0.459. The van der Waals surface area contributed by atoms with Crippen molar-refractivity contribution in [1.29, 1.82) is 0 Å². The first-order valence-corrected chi connectivity index (χ1v) is 11.3. The molecule has 0 spiro atoms. The number of benzene rings is 2. The molecule has 1 aliphatic rings. The van der Waals surface area contributed by atoms with Crippen molar-refractivity contribution in [3.8, 4) is 28.4 Å². The standard InChI is InChI=1S/C26H23FN6O/c1-28-26-29-12-10-21(30-26)25-24(16-2-4-18(27)5-3-16)31-23-9-6-19(33(23)25)15-32-13-11-17-14-20(34)7-8-22(17)32/h2-5,7-8,10-14,19,34H,6,9,15H2,1H3,(H,28,29,30). The molecule has 2 aromatic carbocycles. The molecule has 0 saturated heterocycles. The Labute approximate surface area is 195 Å². The fourth-order valence-corrected chi connectivity index (χ4v) is 4.89. The fraction of sp³-hybridized carbons (Fsp3) is 0.192. The number of hydrogen-bond donors (Lipinski definition) is 2. The number of nitrogens with one attached hydrogen (secondary N) is 1. The maximum atomic E-state index is 13.6. The molecule has 3 aromatic heterocycles. The number of aromatic nitrogens is 5. The van der Waals surface area contributed by atoms with Crippen LogP contribution in [-0.4, -0.2) is 36.2 Å². The van der Waals surface area contributed by atoms with Crippen molar-refractivity contribution < 1.29 is 9.50 Å². The first-order valence-electron chi connectivity index (χ1n) is 11.3. The molecule has 0 aliphatic carbocycles. The molecule has 1 aliphatic heterocycles. The van der Waals surface area contributed by atoms with Gasteiger partial charge in [-0.3, -0.25) is 0 Å². The van der Waals surface area contributed by atoms with Crippen LogP contribution in [-0.2, 0) is 13.0 Å². The highest BCUT2D eigenvalue weighted by Gasteiger charge is 2.31. The summed E-state index contributed by atoms with van der Waals surface area (Å²) in [6, 6.07) is 16.0. The van der Waals surface area contributed by atoms with E-state index in [0.717, 1.165) is 58.8 Å². The third-order valence-electron chi connectivity index (χ3n) is 6.45. The van der Waals surface area contributed by atoms with Crippen molar-refractivity contribution in [2.75, 3.05) is 12.4 Å². The number of fused-ring (bicyclic) bond motifs is 2. The first kappa shape index (κ1) is 20.4. The van der Waals surface area contributed by atoms with Crippen LogP contribution in [0.15, 0.2) is 67.0 Å². The molecule has 2 N–H and O–H groups in total. The second-order valence-corrected chi connectivity index (χ2v) is 8.52. The molecule has 8 heteroatoms. The van der Waals surface area contributed by atoms with Crippen LogP contribution in [0.1, 0.15) is 18.3 Å². The van der Waals surface area contributed by atoms with Crippen LogP contribution in [0.25, 0.3) is 33.5 Å². The van der Waals surface area contributed by atoms with Crippen molar-refractivity contribution in [1.82, 2.24) is 24.1 Å². The summed E-state index contributed by atoms with van der Waals surface area (Å²) >= 11 is 0. The van der Waals surface area contributed by atoms with E-state index in [2.05, 4.69) is 25.6 Å². The van der Waals surface area contributed by atoms with E-state index in [1.54, 1.807) is 37.5 Å². The smallest absolute Gasteiger partial charge is 0.222 e. The Morgan fingerprint density at radius 2 is 1.94 bits per heavy atom. The van der Waals surface area contributed by atoms with Crippen molar-refractivity contribution in [2.45, 2.75) is 25.4 Å². The molecule has 0 fully saturated rings. The van der Waals surface area contributed by atoms with Crippen LogP contribution in [0.2, 0.25) is 0 Å². The summed E-state index contributed by atoms with van der Waals surface area (Å²) in [6.45, 7) is 0.761. The predicted molar refractivity (Wildman–Crippen MR) is 129 cm³/mol. The third kappa shape index (κ3) is 3.39. The Bertz CT molecular complexity index is 1500. The molecule has 1 atom stereocenters. The number of anilines is 1. The normalized spacial score (nSPS) is 15.1. The summed E-state index contributed by atoms with van der Waals surface area (Å²) in [4.78, 5) is 14.0. The Morgan fingerprint density at radius 3 is 2.76 bits per heavy atom. The Morgan fingerprint density at radius 1 is 1.09 bits per heavy atom. The van der Waals surface area contributed by atoms with E-state index in [-0.39, 0.29) is 17.6 Å². The number of hydrogen-bond acceptors (Lipinski definition) is 5. The second-order valence-electron chi connectivity index (χ2n) is 8.52. The van der Waals surface area contributed by atoms with Gasteiger partial charge in [-0.2, -0.15) is 0 Å². The Balaban J connectivity index is 1.48. The number of aryl methyl sites for hydroxylation is 1. The maximum absolute atomic E-state index is 13.6. The molecule has 1 unspecified atom stereocenters. The zero-order valence-corrected chi connectivity index (χ0v) is 18.6.